The first-order chi connectivity index (χ1) is 48.7. The number of aliphatic hydroxyl groups is 1. The van der Waals surface area contributed by atoms with Gasteiger partial charge in [0.15, 0.2) is 12.2 Å². The van der Waals surface area contributed by atoms with Crippen molar-refractivity contribution in [3.05, 3.63) is 170 Å². The third-order valence-electron chi connectivity index (χ3n) is 14.7. The molecule has 0 amide bonds. The van der Waals surface area contributed by atoms with Crippen molar-refractivity contribution >= 4 is 39.5 Å². The van der Waals surface area contributed by atoms with Gasteiger partial charge in [0.1, 0.15) is 19.3 Å². The largest absolute Gasteiger partial charge is 0.472 e. The molecule has 19 heteroatoms. The Kier molecular flexibility index (Phi) is 67.8. The number of esters is 4. The zero-order valence-corrected chi connectivity index (χ0v) is 63.3. The maximum atomic E-state index is 13.1. The van der Waals surface area contributed by atoms with Crippen LogP contribution < -0.4 is 0 Å². The van der Waals surface area contributed by atoms with Gasteiger partial charge < -0.3 is 33.8 Å². The Morgan fingerprint density at radius 1 is 0.300 bits per heavy atom. The van der Waals surface area contributed by atoms with E-state index in [0.29, 0.717) is 25.7 Å². The minimum Gasteiger partial charge on any atom is -0.462 e. The number of allylic oxidation sites excluding steroid dienone is 27. The minimum atomic E-state index is -5.01. The molecule has 0 heterocycles. The van der Waals surface area contributed by atoms with Crippen molar-refractivity contribution in [3.63, 3.8) is 0 Å². The monoisotopic (exact) mass is 1440 g/mol. The summed E-state index contributed by atoms with van der Waals surface area (Å²) < 4.78 is 68.2. The highest BCUT2D eigenvalue weighted by molar-refractivity contribution is 7.47. The highest BCUT2D eigenvalue weighted by Gasteiger charge is 2.30. The van der Waals surface area contributed by atoms with Crippen molar-refractivity contribution < 1.29 is 80.2 Å². The summed E-state index contributed by atoms with van der Waals surface area (Å²) in [6, 6.07) is 0. The van der Waals surface area contributed by atoms with Crippen molar-refractivity contribution in [1.82, 2.24) is 0 Å². The van der Waals surface area contributed by atoms with Crippen LogP contribution in [0.5, 0.6) is 0 Å². The van der Waals surface area contributed by atoms with E-state index in [1.807, 2.05) is 12.2 Å². The molecule has 5 unspecified atom stereocenters. The number of hydrogen-bond donors (Lipinski definition) is 3. The van der Waals surface area contributed by atoms with Gasteiger partial charge in [-0.3, -0.25) is 37.3 Å². The normalized spacial score (nSPS) is 14.9. The molecule has 0 fully saturated rings. The molecule has 0 aromatic heterocycles. The Morgan fingerprint density at radius 2 is 0.560 bits per heavy atom. The van der Waals surface area contributed by atoms with Gasteiger partial charge in [-0.15, -0.1) is 0 Å². The lowest BCUT2D eigenvalue weighted by molar-refractivity contribution is -0.161. The van der Waals surface area contributed by atoms with Crippen LogP contribution in [0.2, 0.25) is 0 Å². The lowest BCUT2D eigenvalue weighted by Crippen LogP contribution is -2.30. The van der Waals surface area contributed by atoms with Gasteiger partial charge in [-0.1, -0.05) is 249 Å². The minimum absolute atomic E-state index is 0.0671. The molecule has 0 rings (SSSR count). The molecule has 0 aliphatic rings. The summed E-state index contributed by atoms with van der Waals surface area (Å²) in [5, 5.41) is 10.6. The van der Waals surface area contributed by atoms with Gasteiger partial charge in [0.2, 0.25) is 0 Å². The van der Waals surface area contributed by atoms with E-state index >= 15 is 0 Å². The number of rotatable bonds is 68. The number of carbonyl (C=O) groups excluding carboxylic acids is 4. The maximum absolute atomic E-state index is 13.1. The second kappa shape index (κ2) is 71.8. The summed E-state index contributed by atoms with van der Waals surface area (Å²) in [5.74, 6) is -2.43. The number of carbonyl (C=O) groups is 4. The Balaban J connectivity index is 5.50. The maximum Gasteiger partial charge on any atom is 0.472 e. The van der Waals surface area contributed by atoms with Gasteiger partial charge in [0.05, 0.1) is 32.8 Å². The van der Waals surface area contributed by atoms with Crippen LogP contribution in [0.3, 0.4) is 0 Å². The third-order valence-corrected chi connectivity index (χ3v) is 16.6. The smallest absolute Gasteiger partial charge is 0.462 e. The highest BCUT2D eigenvalue weighted by atomic mass is 31.2. The molecular formula is C81H130O17P2. The number of ether oxygens (including phenoxy) is 4. The molecule has 566 valence electrons. The van der Waals surface area contributed by atoms with E-state index in [9.17, 15) is 43.2 Å². The molecule has 100 heavy (non-hydrogen) atoms. The summed E-state index contributed by atoms with van der Waals surface area (Å²) in [4.78, 5) is 72.7. The van der Waals surface area contributed by atoms with Crippen LogP contribution >= 0.6 is 15.6 Å². The van der Waals surface area contributed by atoms with E-state index in [-0.39, 0.29) is 25.7 Å². The van der Waals surface area contributed by atoms with E-state index < -0.39 is 97.5 Å². The standard InChI is InChI=1S/C81H130O17P2/c1-5-9-13-17-21-25-29-33-36-37-40-43-46-50-54-58-62-66-79(84)92-72-77(98-81(86)68-64-60-56-52-48-44-39-35-31-27-23-19-15-11-7-3)74-96-100(89,90)94-70-75(82)69-93-99(87,88)95-73-76(97-80(85)67-63-59-55-51-47-41-32-28-24-20-16-12-8-4)71-91-78(83)65-61-57-53-49-45-42-38-34-30-26-22-18-14-10-6-2/h9-11,13-15,21-23,25-28,32-36,38-40,43,45,48-49,52,60,64,75-77,82H,5-8,12,16-20,24,29-31,37,41-42,44,46-47,50-51,53-59,61-63,65-74H2,1-4H3,(H,87,88)(H,89,90)/b13-9-,14-10-,15-11-,25-21-,26-22-,27-23-,32-28-,36-33-,38-34-,39-35-,43-40-,49-45-,52-48-,64-60-. The van der Waals surface area contributed by atoms with Crippen molar-refractivity contribution in [2.75, 3.05) is 39.6 Å². The molecule has 17 nitrogen and oxygen atoms in total. The third kappa shape index (κ3) is 70.8. The fourth-order valence-corrected chi connectivity index (χ4v) is 10.7. The van der Waals surface area contributed by atoms with Crippen LogP contribution in [0, 0.1) is 0 Å². The molecule has 0 spiro atoms. The van der Waals surface area contributed by atoms with Crippen molar-refractivity contribution in [2.45, 2.75) is 277 Å². The van der Waals surface area contributed by atoms with Gasteiger partial charge >= 0.3 is 39.5 Å². The average Bonchev–Trinajstić information content (AvgIpc) is 0.932. The quantitative estimate of drug-likeness (QED) is 0.0169. The molecule has 3 N–H and O–H groups in total. The summed E-state index contributed by atoms with van der Waals surface area (Å²) in [6.45, 7) is 4.27. The Bertz CT molecular complexity index is 2570. The molecule has 0 aliphatic carbocycles. The number of hydrogen-bond acceptors (Lipinski definition) is 15. The van der Waals surface area contributed by atoms with E-state index in [4.69, 9.17) is 37.0 Å². The molecule has 0 bridgehead atoms. The van der Waals surface area contributed by atoms with Gasteiger partial charge in [0.25, 0.3) is 0 Å². The molecule has 0 radical (unpaired) electrons. The van der Waals surface area contributed by atoms with Crippen LogP contribution in [0.25, 0.3) is 0 Å². The van der Waals surface area contributed by atoms with Gasteiger partial charge in [-0.25, -0.2) is 9.13 Å². The van der Waals surface area contributed by atoms with Crippen LogP contribution in [-0.4, -0.2) is 96.7 Å². The van der Waals surface area contributed by atoms with E-state index in [0.717, 1.165) is 154 Å². The first-order valence-electron chi connectivity index (χ1n) is 37.4. The van der Waals surface area contributed by atoms with Crippen molar-refractivity contribution in [3.8, 4) is 0 Å². The molecular weight excluding hydrogens is 1310 g/mol. The lowest BCUT2D eigenvalue weighted by atomic mass is 10.1. The number of aliphatic hydroxyl groups excluding tert-OH is 1. The highest BCUT2D eigenvalue weighted by Crippen LogP contribution is 2.45. The zero-order valence-electron chi connectivity index (χ0n) is 61.5. The fraction of sp³-hybridized carbons (Fsp3) is 0.605. The zero-order chi connectivity index (χ0) is 73.2. The summed E-state index contributed by atoms with van der Waals surface area (Å²) in [5.41, 5.74) is 0. The van der Waals surface area contributed by atoms with Gasteiger partial charge in [-0.2, -0.15) is 0 Å². The molecule has 0 saturated heterocycles. The first kappa shape index (κ1) is 94.4. The van der Waals surface area contributed by atoms with Gasteiger partial charge in [-0.05, 0) is 154 Å². The SMILES string of the molecule is CC/C=C\C/C=C\C/C=C\C/C=C\C/C=C\CC(=O)OC(COC(=O)CCCCCC/C=C\C/C=C\C/C=C\C/C=C\CC)COP(=O)(O)OCC(O)COP(=O)(O)OCC(COC(=O)CCCC/C=C\C/C=C\C/C=C\C/C=C\CC)OC(=O)CCCCCCC/C=C\CCCCCC. The van der Waals surface area contributed by atoms with Crippen LogP contribution in [-0.2, 0) is 65.4 Å². The fourth-order valence-electron chi connectivity index (χ4n) is 9.09. The second-order valence-corrected chi connectivity index (χ2v) is 27.0. The van der Waals surface area contributed by atoms with Crippen molar-refractivity contribution in [2.24, 2.45) is 0 Å². The van der Waals surface area contributed by atoms with E-state index in [1.54, 1.807) is 12.2 Å². The van der Waals surface area contributed by atoms with E-state index in [1.165, 1.54) is 25.7 Å². The number of phosphoric ester groups is 2. The number of phosphoric acid groups is 2. The Labute approximate surface area is 603 Å². The molecule has 0 aliphatic heterocycles. The Hall–Kier alpha value is -5.58. The Morgan fingerprint density at radius 3 is 0.920 bits per heavy atom. The summed E-state index contributed by atoms with van der Waals surface area (Å²) >= 11 is 0. The lowest BCUT2D eigenvalue weighted by Gasteiger charge is -2.21. The molecule has 5 atom stereocenters. The summed E-state index contributed by atoms with van der Waals surface area (Å²) in [7, 11) is -10.0. The van der Waals surface area contributed by atoms with Gasteiger partial charge in [0, 0.05) is 19.3 Å². The van der Waals surface area contributed by atoms with Crippen LogP contribution in [0.4, 0.5) is 0 Å². The topological polar surface area (TPSA) is 237 Å². The van der Waals surface area contributed by atoms with E-state index in [2.05, 4.69) is 174 Å². The predicted octanol–water partition coefficient (Wildman–Crippen LogP) is 21.4. The summed E-state index contributed by atoms with van der Waals surface area (Å²) in [6.07, 6.45) is 83.9. The average molecular weight is 1440 g/mol. The second-order valence-electron chi connectivity index (χ2n) is 24.1. The molecule has 0 aromatic carbocycles. The molecule has 0 aromatic rings. The molecule has 0 saturated carbocycles. The van der Waals surface area contributed by atoms with Crippen molar-refractivity contribution in [1.29, 1.82) is 0 Å². The first-order valence-corrected chi connectivity index (χ1v) is 40.4. The van der Waals surface area contributed by atoms with Crippen LogP contribution in [0.15, 0.2) is 170 Å². The van der Waals surface area contributed by atoms with Crippen LogP contribution in [0.1, 0.15) is 259 Å². The number of unbranched alkanes of at least 4 members (excludes halogenated alkanes) is 15. The predicted molar refractivity (Wildman–Crippen MR) is 408 cm³/mol.